The maximum Gasteiger partial charge on any atom is 0.283 e. The van der Waals surface area contributed by atoms with Crippen LogP contribution in [0.1, 0.15) is 11.3 Å². The van der Waals surface area contributed by atoms with Crippen molar-refractivity contribution in [3.8, 4) is 6.07 Å². The minimum Gasteiger partial charge on any atom is -0.207 e. The van der Waals surface area contributed by atoms with Crippen molar-refractivity contribution in [2.45, 2.75) is 6.54 Å². The van der Waals surface area contributed by atoms with Gasteiger partial charge in [0.1, 0.15) is 5.82 Å². The first kappa shape index (κ1) is 11.6. The van der Waals surface area contributed by atoms with Crippen LogP contribution >= 0.6 is 11.6 Å². The molecule has 2 nitrogen and oxygen atoms in total. The molecule has 0 N–H and O–H groups in total. The summed E-state index contributed by atoms with van der Waals surface area (Å²) in [5.41, 5.74) is 1.16. The number of nitrogens with zero attached hydrogens (tertiary/aromatic N) is 2. The Labute approximate surface area is 104 Å². The fraction of sp³-hybridized carbons (Fsp3) is 0.0769. The molecule has 0 aliphatic carbocycles. The molecular formula is C13H9ClFN2+. The first-order valence-electron chi connectivity index (χ1n) is 5.03. The Balaban J connectivity index is 2.38. The lowest BCUT2D eigenvalue weighted by atomic mass is 10.2. The Morgan fingerprint density at radius 2 is 2.12 bits per heavy atom. The molecule has 0 fully saturated rings. The molecule has 1 aromatic heterocycles. The minimum atomic E-state index is -0.334. The third-order valence-electron chi connectivity index (χ3n) is 2.40. The van der Waals surface area contributed by atoms with Gasteiger partial charge in [-0.1, -0.05) is 11.6 Å². The van der Waals surface area contributed by atoms with Gasteiger partial charge in [0.2, 0.25) is 0 Å². The zero-order valence-corrected chi connectivity index (χ0v) is 9.65. The van der Waals surface area contributed by atoms with Gasteiger partial charge in [-0.3, -0.25) is 0 Å². The Morgan fingerprint density at radius 1 is 1.29 bits per heavy atom. The Kier molecular flexibility index (Phi) is 3.36. The van der Waals surface area contributed by atoms with Crippen LogP contribution in [0.2, 0.25) is 5.02 Å². The van der Waals surface area contributed by atoms with E-state index in [1.165, 1.54) is 18.2 Å². The molecule has 2 aromatic rings. The van der Waals surface area contributed by atoms with Crippen molar-refractivity contribution in [2.75, 3.05) is 0 Å². The zero-order valence-electron chi connectivity index (χ0n) is 8.90. The summed E-state index contributed by atoms with van der Waals surface area (Å²) in [6, 6.07) is 11.6. The van der Waals surface area contributed by atoms with E-state index in [4.69, 9.17) is 16.9 Å². The van der Waals surface area contributed by atoms with Crippen molar-refractivity contribution >= 4 is 11.6 Å². The van der Waals surface area contributed by atoms with Crippen molar-refractivity contribution in [1.29, 1.82) is 5.26 Å². The van der Waals surface area contributed by atoms with Gasteiger partial charge in [0, 0.05) is 17.7 Å². The van der Waals surface area contributed by atoms with Crippen LogP contribution in [0.5, 0.6) is 0 Å². The molecule has 0 saturated heterocycles. The molecule has 2 rings (SSSR count). The van der Waals surface area contributed by atoms with Gasteiger partial charge in [0.15, 0.2) is 18.8 Å². The number of hydrogen-bond donors (Lipinski definition) is 0. The fourth-order valence-corrected chi connectivity index (χ4v) is 1.74. The Bertz CT molecular complexity index is 590. The summed E-state index contributed by atoms with van der Waals surface area (Å²) in [6.07, 6.45) is 1.76. The standard InChI is InChI=1S/C13H9ClFN2/c14-13-5-4-11(15)7-10(13)9-17-6-2-1-3-12(17)8-16/h1-7H,9H2/q+1. The third kappa shape index (κ3) is 2.61. The predicted octanol–water partition coefficient (Wildman–Crippen LogP) is 2.69. The second-order valence-corrected chi connectivity index (χ2v) is 3.97. The van der Waals surface area contributed by atoms with Crippen LogP contribution in [0.4, 0.5) is 4.39 Å². The average molecular weight is 248 g/mol. The molecule has 0 aliphatic rings. The predicted molar refractivity (Wildman–Crippen MR) is 61.9 cm³/mol. The van der Waals surface area contributed by atoms with E-state index in [1.807, 2.05) is 6.07 Å². The first-order valence-corrected chi connectivity index (χ1v) is 5.41. The number of nitriles is 1. The van der Waals surface area contributed by atoms with Gasteiger partial charge in [-0.05, 0) is 24.3 Å². The van der Waals surface area contributed by atoms with E-state index in [9.17, 15) is 4.39 Å². The summed E-state index contributed by atoms with van der Waals surface area (Å²) < 4.78 is 14.8. The van der Waals surface area contributed by atoms with Gasteiger partial charge in [-0.25, -0.2) is 4.39 Å². The molecule has 0 aliphatic heterocycles. The van der Waals surface area contributed by atoms with Crippen molar-refractivity contribution < 1.29 is 8.96 Å². The largest absolute Gasteiger partial charge is 0.283 e. The molecule has 0 atom stereocenters. The number of rotatable bonds is 2. The van der Waals surface area contributed by atoms with Crippen LogP contribution in [0.25, 0.3) is 0 Å². The van der Waals surface area contributed by atoms with E-state index < -0.39 is 0 Å². The average Bonchev–Trinajstić information content (AvgIpc) is 2.34. The van der Waals surface area contributed by atoms with Crippen LogP contribution in [0.3, 0.4) is 0 Å². The quantitative estimate of drug-likeness (QED) is 0.750. The molecular weight excluding hydrogens is 239 g/mol. The highest BCUT2D eigenvalue weighted by molar-refractivity contribution is 6.31. The van der Waals surface area contributed by atoms with Gasteiger partial charge in [0.05, 0.1) is 5.02 Å². The van der Waals surface area contributed by atoms with E-state index >= 15 is 0 Å². The molecule has 0 radical (unpaired) electrons. The summed E-state index contributed by atoms with van der Waals surface area (Å²) in [4.78, 5) is 0. The molecule has 1 heterocycles. The lowest BCUT2D eigenvalue weighted by molar-refractivity contribution is -0.690. The highest BCUT2D eigenvalue weighted by Crippen LogP contribution is 2.16. The van der Waals surface area contributed by atoms with Crippen LogP contribution in [-0.2, 0) is 6.54 Å². The highest BCUT2D eigenvalue weighted by Gasteiger charge is 2.12. The summed E-state index contributed by atoms with van der Waals surface area (Å²) >= 11 is 5.98. The van der Waals surface area contributed by atoms with Gasteiger partial charge in [0.25, 0.3) is 5.69 Å². The lowest BCUT2D eigenvalue weighted by Crippen LogP contribution is -2.37. The van der Waals surface area contributed by atoms with Crippen LogP contribution < -0.4 is 4.57 Å². The number of hydrogen-bond acceptors (Lipinski definition) is 1. The number of benzene rings is 1. The number of pyridine rings is 1. The molecule has 0 unspecified atom stereocenters. The molecule has 0 spiro atoms. The van der Waals surface area contributed by atoms with Gasteiger partial charge in [-0.2, -0.15) is 9.83 Å². The van der Waals surface area contributed by atoms with E-state index in [0.717, 1.165) is 0 Å². The van der Waals surface area contributed by atoms with Crippen LogP contribution in [0.15, 0.2) is 42.6 Å². The fourth-order valence-electron chi connectivity index (χ4n) is 1.56. The Morgan fingerprint density at radius 3 is 2.88 bits per heavy atom. The lowest BCUT2D eigenvalue weighted by Gasteiger charge is -2.02. The highest BCUT2D eigenvalue weighted by atomic mass is 35.5. The van der Waals surface area contributed by atoms with Gasteiger partial charge in [-0.15, -0.1) is 0 Å². The second kappa shape index (κ2) is 4.94. The minimum absolute atomic E-state index is 0.334. The third-order valence-corrected chi connectivity index (χ3v) is 2.77. The van der Waals surface area contributed by atoms with Crippen LogP contribution in [0, 0.1) is 17.1 Å². The number of halogens is 2. The number of aromatic nitrogens is 1. The first-order chi connectivity index (χ1) is 8.20. The summed E-state index contributed by atoms with van der Waals surface area (Å²) in [7, 11) is 0. The molecule has 84 valence electrons. The van der Waals surface area contributed by atoms with Crippen LogP contribution in [-0.4, -0.2) is 0 Å². The molecule has 0 saturated carbocycles. The summed E-state index contributed by atoms with van der Waals surface area (Å²) in [5, 5.41) is 9.43. The molecule has 17 heavy (non-hydrogen) atoms. The van der Waals surface area contributed by atoms with Crippen molar-refractivity contribution in [3.63, 3.8) is 0 Å². The van der Waals surface area contributed by atoms with E-state index in [-0.39, 0.29) is 5.82 Å². The normalized spacial score (nSPS) is 9.94. The molecule has 0 bridgehead atoms. The Hall–Kier alpha value is -1.92. The maximum atomic E-state index is 13.1. The van der Waals surface area contributed by atoms with E-state index in [2.05, 4.69) is 6.07 Å². The van der Waals surface area contributed by atoms with E-state index in [1.54, 1.807) is 22.9 Å². The monoisotopic (exact) mass is 247 g/mol. The van der Waals surface area contributed by atoms with Crippen molar-refractivity contribution in [3.05, 3.63) is 64.7 Å². The molecule has 4 heteroatoms. The smallest absolute Gasteiger partial charge is 0.207 e. The van der Waals surface area contributed by atoms with Gasteiger partial charge >= 0.3 is 0 Å². The molecule has 0 amide bonds. The summed E-state index contributed by atoms with van der Waals surface area (Å²) in [6.45, 7) is 0.375. The zero-order chi connectivity index (χ0) is 12.3. The second-order valence-electron chi connectivity index (χ2n) is 3.56. The van der Waals surface area contributed by atoms with Crippen molar-refractivity contribution in [2.24, 2.45) is 0 Å². The molecule has 1 aromatic carbocycles. The van der Waals surface area contributed by atoms with Gasteiger partial charge < -0.3 is 0 Å². The van der Waals surface area contributed by atoms with E-state index in [0.29, 0.717) is 22.8 Å². The van der Waals surface area contributed by atoms with Crippen molar-refractivity contribution in [1.82, 2.24) is 0 Å². The maximum absolute atomic E-state index is 13.1. The summed E-state index contributed by atoms with van der Waals surface area (Å²) in [5.74, 6) is -0.334. The SMILES string of the molecule is N#Cc1cccc[n+]1Cc1cc(F)ccc1Cl. The topological polar surface area (TPSA) is 27.7 Å².